The number of hydrogen-bond acceptors (Lipinski definition) is 11. The molecule has 170 valence electrons. The normalized spacial score (nSPS) is 30.6. The van der Waals surface area contributed by atoms with Crippen molar-refractivity contribution >= 4 is 18.0 Å². The number of hydrogen-bond donors (Lipinski definition) is 5. The van der Waals surface area contributed by atoms with Crippen LogP contribution in [0, 0.1) is 0 Å². The number of esters is 1. The van der Waals surface area contributed by atoms with Crippen LogP contribution in [0.2, 0.25) is 0 Å². The van der Waals surface area contributed by atoms with E-state index in [1.807, 2.05) is 0 Å². The molecule has 0 aliphatic carbocycles. The molecule has 0 unspecified atom stereocenters. The number of rotatable bonds is 7. The standard InChI is InChI=1S/C19H23NO11/c21-7-12(24)15-16-14(20-13(25)8-22)11(23)6-19(30-16,17(26)29-15)31-18(27)28-9-10-4-2-1-3-5-10/h1-5,11-12,14-16,21-24H,6-9H2,(H,20,25)/t11-,12+,14+,15+,16+,19+/m0/s1. The predicted octanol–water partition coefficient (Wildman–Crippen LogP) is -2.06. The Morgan fingerprint density at radius 3 is 2.61 bits per heavy atom. The summed E-state index contributed by atoms with van der Waals surface area (Å²) in [6.45, 7) is -1.87. The highest BCUT2D eigenvalue weighted by Gasteiger charge is 2.63. The zero-order valence-electron chi connectivity index (χ0n) is 16.2. The first-order valence-corrected chi connectivity index (χ1v) is 9.45. The third kappa shape index (κ3) is 4.94. The Bertz CT molecular complexity index is 803. The summed E-state index contributed by atoms with van der Waals surface area (Å²) in [5.74, 6) is -4.47. The number of aliphatic hydroxyl groups is 4. The van der Waals surface area contributed by atoms with Gasteiger partial charge >= 0.3 is 17.9 Å². The summed E-state index contributed by atoms with van der Waals surface area (Å²) in [6.07, 6.45) is -7.88. The fraction of sp³-hybridized carbons (Fsp3) is 0.526. The van der Waals surface area contributed by atoms with Crippen LogP contribution in [0.15, 0.2) is 30.3 Å². The number of benzene rings is 1. The molecule has 1 amide bonds. The minimum Gasteiger partial charge on any atom is -0.452 e. The van der Waals surface area contributed by atoms with Crippen LogP contribution >= 0.6 is 0 Å². The molecule has 2 aliphatic rings. The molecule has 2 heterocycles. The number of amides is 1. The highest BCUT2D eigenvalue weighted by atomic mass is 16.8. The van der Waals surface area contributed by atoms with E-state index in [1.165, 1.54) is 0 Å². The quantitative estimate of drug-likeness (QED) is 0.294. The zero-order valence-corrected chi connectivity index (χ0v) is 16.2. The Morgan fingerprint density at radius 1 is 1.26 bits per heavy atom. The lowest BCUT2D eigenvalue weighted by Gasteiger charge is -2.50. The smallest absolute Gasteiger partial charge is 0.452 e. The Kier molecular flexibility index (Phi) is 7.08. The first-order chi connectivity index (χ1) is 14.8. The molecule has 1 aromatic carbocycles. The summed E-state index contributed by atoms with van der Waals surface area (Å²) in [5.41, 5.74) is 0.656. The molecule has 12 nitrogen and oxygen atoms in total. The molecule has 12 heteroatoms. The molecule has 2 aliphatic heterocycles. The van der Waals surface area contributed by atoms with E-state index in [2.05, 4.69) is 5.32 Å². The monoisotopic (exact) mass is 441 g/mol. The third-order valence-corrected chi connectivity index (χ3v) is 4.94. The van der Waals surface area contributed by atoms with E-state index in [4.69, 9.17) is 24.1 Å². The Balaban J connectivity index is 1.77. The molecule has 1 aromatic rings. The number of cyclic esters (lactones) is 1. The molecule has 2 saturated heterocycles. The van der Waals surface area contributed by atoms with Gasteiger partial charge in [-0.2, -0.15) is 0 Å². The summed E-state index contributed by atoms with van der Waals surface area (Å²) in [7, 11) is 0. The molecule has 31 heavy (non-hydrogen) atoms. The van der Waals surface area contributed by atoms with Crippen LogP contribution in [0.5, 0.6) is 0 Å². The summed E-state index contributed by atoms with van der Waals surface area (Å²) >= 11 is 0. The maximum absolute atomic E-state index is 12.6. The molecule has 2 fully saturated rings. The number of aliphatic hydroxyl groups excluding tert-OH is 4. The summed E-state index contributed by atoms with van der Waals surface area (Å²) < 4.78 is 20.8. The second-order valence-electron chi connectivity index (χ2n) is 7.10. The zero-order chi connectivity index (χ0) is 22.6. The molecular formula is C19H23NO11. The van der Waals surface area contributed by atoms with Crippen LogP contribution in [0.25, 0.3) is 0 Å². The summed E-state index contributed by atoms with van der Waals surface area (Å²) in [6, 6.07) is 7.41. The van der Waals surface area contributed by atoms with Crippen LogP contribution in [-0.2, 0) is 35.1 Å². The first-order valence-electron chi connectivity index (χ1n) is 9.45. The van der Waals surface area contributed by atoms with Gasteiger partial charge in [-0.15, -0.1) is 0 Å². The van der Waals surface area contributed by atoms with E-state index < -0.39 is 73.9 Å². The number of nitrogens with one attached hydrogen (secondary N) is 1. The molecule has 2 bridgehead atoms. The van der Waals surface area contributed by atoms with E-state index in [-0.39, 0.29) is 6.61 Å². The Hall–Kier alpha value is -2.77. The second kappa shape index (κ2) is 9.58. The van der Waals surface area contributed by atoms with E-state index in [0.717, 1.165) is 0 Å². The maximum Gasteiger partial charge on any atom is 0.511 e. The summed E-state index contributed by atoms with van der Waals surface area (Å²) in [4.78, 5) is 36.4. The van der Waals surface area contributed by atoms with Crippen LogP contribution < -0.4 is 5.32 Å². The van der Waals surface area contributed by atoms with Crippen molar-refractivity contribution < 1.29 is 53.8 Å². The third-order valence-electron chi connectivity index (χ3n) is 4.94. The fourth-order valence-electron chi connectivity index (χ4n) is 3.44. The molecule has 5 N–H and O–H groups in total. The van der Waals surface area contributed by atoms with Crippen molar-refractivity contribution in [3.63, 3.8) is 0 Å². The summed E-state index contributed by atoms with van der Waals surface area (Å²) in [5, 5.41) is 41.0. The van der Waals surface area contributed by atoms with Gasteiger partial charge < -0.3 is 44.7 Å². The highest BCUT2D eigenvalue weighted by Crippen LogP contribution is 2.39. The molecule has 0 spiro atoms. The second-order valence-corrected chi connectivity index (χ2v) is 7.10. The van der Waals surface area contributed by atoms with Gasteiger partial charge in [0.15, 0.2) is 6.10 Å². The van der Waals surface area contributed by atoms with Crippen molar-refractivity contribution in [3.8, 4) is 0 Å². The first kappa shape index (κ1) is 22.9. The maximum atomic E-state index is 12.6. The van der Waals surface area contributed by atoms with Crippen LogP contribution in [-0.4, -0.2) is 87.9 Å². The van der Waals surface area contributed by atoms with Crippen LogP contribution in [0.1, 0.15) is 12.0 Å². The van der Waals surface area contributed by atoms with Crippen molar-refractivity contribution in [1.82, 2.24) is 5.32 Å². The van der Waals surface area contributed by atoms with E-state index in [1.54, 1.807) is 30.3 Å². The predicted molar refractivity (Wildman–Crippen MR) is 97.9 cm³/mol. The lowest BCUT2D eigenvalue weighted by molar-refractivity contribution is -0.331. The van der Waals surface area contributed by atoms with Gasteiger partial charge in [-0.05, 0) is 5.56 Å². The Labute approximate surface area is 176 Å². The van der Waals surface area contributed by atoms with Gasteiger partial charge in [0.05, 0.1) is 25.2 Å². The number of carbonyl (C=O) groups is 3. The number of ether oxygens (including phenoxy) is 4. The molecule has 6 atom stereocenters. The van der Waals surface area contributed by atoms with E-state index >= 15 is 0 Å². The van der Waals surface area contributed by atoms with Crippen LogP contribution in [0.3, 0.4) is 0 Å². The van der Waals surface area contributed by atoms with Crippen molar-refractivity contribution in [2.45, 2.75) is 49.3 Å². The average molecular weight is 441 g/mol. The van der Waals surface area contributed by atoms with Crippen molar-refractivity contribution in [3.05, 3.63) is 35.9 Å². The van der Waals surface area contributed by atoms with Crippen molar-refractivity contribution in [2.75, 3.05) is 13.2 Å². The van der Waals surface area contributed by atoms with Gasteiger partial charge in [-0.3, -0.25) is 4.79 Å². The molecule has 0 saturated carbocycles. The Morgan fingerprint density at radius 2 is 1.97 bits per heavy atom. The molecule has 0 radical (unpaired) electrons. The number of fused-ring (bicyclic) bond motifs is 2. The van der Waals surface area contributed by atoms with Gasteiger partial charge in [0, 0.05) is 0 Å². The minimum atomic E-state index is -2.38. The van der Waals surface area contributed by atoms with Crippen LogP contribution in [0.4, 0.5) is 4.79 Å². The lowest BCUT2D eigenvalue weighted by atomic mass is 9.86. The van der Waals surface area contributed by atoms with Gasteiger partial charge in [-0.25, -0.2) is 9.59 Å². The van der Waals surface area contributed by atoms with E-state index in [9.17, 15) is 29.7 Å². The highest BCUT2D eigenvalue weighted by molar-refractivity contribution is 5.82. The minimum absolute atomic E-state index is 0.155. The fourth-order valence-corrected chi connectivity index (χ4v) is 3.44. The van der Waals surface area contributed by atoms with Gasteiger partial charge in [0.1, 0.15) is 25.4 Å². The lowest BCUT2D eigenvalue weighted by Crippen LogP contribution is -2.73. The molecular weight excluding hydrogens is 418 g/mol. The average Bonchev–Trinajstić information content (AvgIpc) is 2.77. The molecule has 0 aromatic heterocycles. The van der Waals surface area contributed by atoms with E-state index in [0.29, 0.717) is 5.56 Å². The SMILES string of the molecule is O=C(CO)N[C@H]1[C@H]2O[C@@](OC(=O)OCc3ccccc3)(C[C@@H]1O)C(=O)O[C@@H]2[C@H](O)CO. The van der Waals surface area contributed by atoms with Gasteiger partial charge in [0.2, 0.25) is 5.91 Å². The molecule has 3 rings (SSSR count). The number of carbonyl (C=O) groups excluding carboxylic acids is 3. The van der Waals surface area contributed by atoms with Gasteiger partial charge in [-0.1, -0.05) is 30.3 Å². The van der Waals surface area contributed by atoms with Gasteiger partial charge in [0.25, 0.3) is 0 Å². The topological polar surface area (TPSA) is 181 Å². The van der Waals surface area contributed by atoms with Crippen molar-refractivity contribution in [2.24, 2.45) is 0 Å². The van der Waals surface area contributed by atoms with Crippen molar-refractivity contribution in [1.29, 1.82) is 0 Å². The largest absolute Gasteiger partial charge is 0.511 e.